The molecule has 0 saturated carbocycles. The molecule has 0 aliphatic carbocycles. The van der Waals surface area contributed by atoms with Crippen LogP contribution in [0.5, 0.6) is 11.5 Å². The van der Waals surface area contributed by atoms with Gasteiger partial charge in [-0.2, -0.15) is 0 Å². The molecule has 1 atom stereocenters. The van der Waals surface area contributed by atoms with Crippen molar-refractivity contribution in [3.63, 3.8) is 0 Å². The molecule has 13 heteroatoms. The number of methoxy groups -OCH3 is 2. The predicted molar refractivity (Wildman–Crippen MR) is 134 cm³/mol. The number of nitrogens with zero attached hydrogens (tertiary/aromatic N) is 3. The minimum absolute atomic E-state index is 0.00830. The molecule has 1 N–H and O–H groups in total. The van der Waals surface area contributed by atoms with E-state index >= 15 is 0 Å². The van der Waals surface area contributed by atoms with Crippen molar-refractivity contribution in [1.82, 2.24) is 10.2 Å². The highest BCUT2D eigenvalue weighted by molar-refractivity contribution is 7.92. The maximum absolute atomic E-state index is 13.6. The van der Waals surface area contributed by atoms with Crippen LogP contribution in [0, 0.1) is 10.1 Å². The van der Waals surface area contributed by atoms with Crippen LogP contribution in [-0.4, -0.2) is 70.2 Å². The number of carbonyl (C=O) groups excluding carboxylic acids is 2. The summed E-state index contributed by atoms with van der Waals surface area (Å²) >= 11 is 0. The van der Waals surface area contributed by atoms with Crippen LogP contribution in [0.1, 0.15) is 18.9 Å². The van der Waals surface area contributed by atoms with E-state index in [-0.39, 0.29) is 30.1 Å². The molecule has 0 aromatic heterocycles. The average Bonchev–Trinajstić information content (AvgIpc) is 2.85. The van der Waals surface area contributed by atoms with Gasteiger partial charge >= 0.3 is 0 Å². The number of hydrogen-bond donors (Lipinski definition) is 1. The van der Waals surface area contributed by atoms with E-state index in [2.05, 4.69) is 5.32 Å². The van der Waals surface area contributed by atoms with Gasteiger partial charge in [-0.1, -0.05) is 19.1 Å². The van der Waals surface area contributed by atoms with Gasteiger partial charge < -0.3 is 19.7 Å². The molecule has 2 aromatic rings. The van der Waals surface area contributed by atoms with E-state index in [1.807, 2.05) is 0 Å². The molecule has 0 unspecified atom stereocenters. The predicted octanol–water partition coefficient (Wildman–Crippen LogP) is 1.93. The highest BCUT2D eigenvalue weighted by Crippen LogP contribution is 2.34. The Bertz CT molecular complexity index is 1220. The number of nitro groups is 1. The second-order valence-electron chi connectivity index (χ2n) is 7.79. The summed E-state index contributed by atoms with van der Waals surface area (Å²) in [5, 5.41) is 13.8. The number of likely N-dealkylation sites (N-methyl/N-ethyl adjacent to an activating group) is 1. The molecular formula is C23H30N4O8S. The van der Waals surface area contributed by atoms with Crippen LogP contribution in [-0.2, 0) is 26.2 Å². The standard InChI is InChI=1S/C23H30N4O8S/c1-6-19(23(29)24-2)25(14-16-8-7-9-18(12-16)34-3)22(28)15-26(36(5,32)33)20-13-17(27(30)31)10-11-21(20)35-4/h7-13,19H,6,14-15H2,1-5H3,(H,24,29)/t19-/m0/s1. The summed E-state index contributed by atoms with van der Waals surface area (Å²) in [7, 11) is 0.116. The Morgan fingerprint density at radius 2 is 1.83 bits per heavy atom. The third-order valence-electron chi connectivity index (χ3n) is 5.44. The monoisotopic (exact) mass is 522 g/mol. The largest absolute Gasteiger partial charge is 0.497 e. The van der Waals surface area contributed by atoms with Crippen LogP contribution in [0.15, 0.2) is 42.5 Å². The van der Waals surface area contributed by atoms with Gasteiger partial charge in [0.05, 0.1) is 25.4 Å². The van der Waals surface area contributed by atoms with E-state index in [9.17, 15) is 28.1 Å². The molecule has 0 bridgehead atoms. The lowest BCUT2D eigenvalue weighted by Gasteiger charge is -2.32. The zero-order valence-corrected chi connectivity index (χ0v) is 21.6. The van der Waals surface area contributed by atoms with Crippen LogP contribution < -0.4 is 19.1 Å². The van der Waals surface area contributed by atoms with E-state index in [1.54, 1.807) is 31.2 Å². The van der Waals surface area contributed by atoms with Gasteiger partial charge in [0.25, 0.3) is 5.69 Å². The van der Waals surface area contributed by atoms with Gasteiger partial charge in [0.15, 0.2) is 0 Å². The zero-order valence-electron chi connectivity index (χ0n) is 20.8. The number of nitro benzene ring substituents is 1. The molecule has 0 radical (unpaired) electrons. The van der Waals surface area contributed by atoms with Gasteiger partial charge in [-0.05, 0) is 30.2 Å². The number of ether oxygens (including phenoxy) is 2. The average molecular weight is 523 g/mol. The lowest BCUT2D eigenvalue weighted by molar-refractivity contribution is -0.384. The smallest absolute Gasteiger partial charge is 0.271 e. The van der Waals surface area contributed by atoms with E-state index in [4.69, 9.17) is 9.47 Å². The summed E-state index contributed by atoms with van der Waals surface area (Å²) in [5.74, 6) is -0.539. The Morgan fingerprint density at radius 1 is 1.14 bits per heavy atom. The molecule has 2 aromatic carbocycles. The van der Waals surface area contributed by atoms with Crippen molar-refractivity contribution in [2.75, 3.05) is 38.4 Å². The Labute approximate surface area is 210 Å². The minimum atomic E-state index is -4.10. The number of amides is 2. The number of non-ortho nitro benzene ring substituents is 1. The van der Waals surface area contributed by atoms with Crippen molar-refractivity contribution in [2.45, 2.75) is 25.9 Å². The van der Waals surface area contributed by atoms with Crippen LogP contribution in [0.25, 0.3) is 0 Å². The lowest BCUT2D eigenvalue weighted by atomic mass is 10.1. The number of nitrogens with one attached hydrogen (secondary N) is 1. The molecule has 12 nitrogen and oxygen atoms in total. The van der Waals surface area contributed by atoms with Crippen LogP contribution >= 0.6 is 0 Å². The molecule has 196 valence electrons. The fourth-order valence-electron chi connectivity index (χ4n) is 3.64. The summed E-state index contributed by atoms with van der Waals surface area (Å²) in [6.45, 7) is 1.00. The minimum Gasteiger partial charge on any atom is -0.497 e. The first-order valence-corrected chi connectivity index (χ1v) is 12.8. The molecule has 0 aliphatic rings. The van der Waals surface area contributed by atoms with Crippen LogP contribution in [0.3, 0.4) is 0 Å². The normalized spacial score (nSPS) is 11.8. The van der Waals surface area contributed by atoms with Crippen molar-refractivity contribution in [3.05, 3.63) is 58.1 Å². The number of hydrogen-bond acceptors (Lipinski definition) is 8. The third-order valence-corrected chi connectivity index (χ3v) is 6.57. The van der Waals surface area contributed by atoms with Crippen molar-refractivity contribution < 1.29 is 32.4 Å². The van der Waals surface area contributed by atoms with Gasteiger partial charge in [-0.3, -0.25) is 24.0 Å². The van der Waals surface area contributed by atoms with E-state index in [0.29, 0.717) is 11.3 Å². The maximum Gasteiger partial charge on any atom is 0.271 e. The zero-order chi connectivity index (χ0) is 27.0. The molecular weight excluding hydrogens is 492 g/mol. The highest BCUT2D eigenvalue weighted by Gasteiger charge is 2.33. The topological polar surface area (TPSA) is 148 Å². The third kappa shape index (κ3) is 6.84. The molecule has 2 amide bonds. The van der Waals surface area contributed by atoms with Crippen molar-refractivity contribution in [3.8, 4) is 11.5 Å². The fraction of sp³-hybridized carbons (Fsp3) is 0.391. The first kappa shape index (κ1) is 28.4. The summed E-state index contributed by atoms with van der Waals surface area (Å²) in [6, 6.07) is 9.45. The van der Waals surface area contributed by atoms with E-state index < -0.39 is 39.3 Å². The lowest BCUT2D eigenvalue weighted by Crippen LogP contribution is -2.51. The van der Waals surface area contributed by atoms with Crippen LogP contribution in [0.2, 0.25) is 0 Å². The van der Waals surface area contributed by atoms with Crippen molar-refractivity contribution in [2.24, 2.45) is 0 Å². The maximum atomic E-state index is 13.6. The van der Waals surface area contributed by atoms with Gasteiger partial charge in [0.1, 0.15) is 29.8 Å². The quantitative estimate of drug-likeness (QED) is 0.328. The fourth-order valence-corrected chi connectivity index (χ4v) is 4.48. The number of anilines is 1. The number of benzene rings is 2. The van der Waals surface area contributed by atoms with Gasteiger partial charge in [0.2, 0.25) is 21.8 Å². The second kappa shape index (κ2) is 12.2. The summed E-state index contributed by atoms with van der Waals surface area (Å²) in [6.07, 6.45) is 1.13. The van der Waals surface area contributed by atoms with Gasteiger partial charge in [0, 0.05) is 25.7 Å². The van der Waals surface area contributed by atoms with Crippen molar-refractivity contribution in [1.29, 1.82) is 0 Å². The molecule has 2 rings (SSSR count). The van der Waals surface area contributed by atoms with Gasteiger partial charge in [-0.15, -0.1) is 0 Å². The first-order valence-electron chi connectivity index (χ1n) is 10.9. The molecule has 0 saturated heterocycles. The SMILES string of the molecule is CC[C@@H](C(=O)NC)N(Cc1cccc(OC)c1)C(=O)CN(c1cc([N+](=O)[O-])ccc1OC)S(C)(=O)=O. The Balaban J connectivity index is 2.56. The van der Waals surface area contributed by atoms with E-state index in [1.165, 1.54) is 38.3 Å². The molecule has 0 spiro atoms. The second-order valence-corrected chi connectivity index (χ2v) is 9.70. The Hall–Kier alpha value is -3.87. The molecule has 0 aliphatic heterocycles. The first-order chi connectivity index (χ1) is 17.0. The van der Waals surface area contributed by atoms with Crippen molar-refractivity contribution >= 4 is 33.2 Å². The Kier molecular flexibility index (Phi) is 9.61. The number of rotatable bonds is 12. The summed E-state index contributed by atoms with van der Waals surface area (Å²) in [5.41, 5.74) is 0.109. The highest BCUT2D eigenvalue weighted by atomic mass is 32.2. The molecule has 36 heavy (non-hydrogen) atoms. The van der Waals surface area contributed by atoms with Crippen LogP contribution in [0.4, 0.5) is 11.4 Å². The van der Waals surface area contributed by atoms with E-state index in [0.717, 1.165) is 16.6 Å². The summed E-state index contributed by atoms with van der Waals surface area (Å²) < 4.78 is 36.7. The number of sulfonamides is 1. The molecule has 0 fully saturated rings. The van der Waals surface area contributed by atoms with Gasteiger partial charge in [-0.25, -0.2) is 8.42 Å². The molecule has 0 heterocycles. The number of carbonyl (C=O) groups is 2. The summed E-state index contributed by atoms with van der Waals surface area (Å²) in [4.78, 5) is 38.1. The Morgan fingerprint density at radius 3 is 2.36 bits per heavy atom.